The second kappa shape index (κ2) is 8.06. The number of nitrogens with zero attached hydrogens (tertiary/aromatic N) is 1. The minimum Gasteiger partial charge on any atom is -0.460 e. The Morgan fingerprint density at radius 1 is 1.23 bits per heavy atom. The van der Waals surface area contributed by atoms with Gasteiger partial charge in [-0.3, -0.25) is 14.9 Å². The number of nitrogens with one attached hydrogen (secondary N) is 1. The molecule has 0 saturated heterocycles. The van der Waals surface area contributed by atoms with Gasteiger partial charge in [-0.2, -0.15) is 0 Å². The molecule has 0 atom stereocenters. The molecule has 3 N–H and O–H groups in total. The Balaban J connectivity index is 1.95. The summed E-state index contributed by atoms with van der Waals surface area (Å²) in [5.41, 5.74) is 5.42. The number of rotatable bonds is 7. The Hall–Kier alpha value is -3.49. The second-order valence-corrected chi connectivity index (χ2v) is 5.38. The molecule has 0 aromatic heterocycles. The number of esters is 1. The summed E-state index contributed by atoms with van der Waals surface area (Å²) < 4.78 is 18.4. The lowest BCUT2D eigenvalue weighted by Gasteiger charge is -2.09. The van der Waals surface area contributed by atoms with E-state index in [-0.39, 0.29) is 35.7 Å². The van der Waals surface area contributed by atoms with Crippen molar-refractivity contribution in [2.75, 3.05) is 18.5 Å². The van der Waals surface area contributed by atoms with Crippen molar-refractivity contribution in [2.45, 2.75) is 6.92 Å². The van der Waals surface area contributed by atoms with Crippen LogP contribution in [0.5, 0.6) is 0 Å². The molecular weight excluding hydrogens is 345 g/mol. The molecule has 0 radical (unpaired) electrons. The molecule has 8 nitrogen and oxygen atoms in total. The van der Waals surface area contributed by atoms with Crippen LogP contribution in [0.4, 0.5) is 15.8 Å². The highest BCUT2D eigenvalue weighted by atomic mass is 19.1. The van der Waals surface area contributed by atoms with Gasteiger partial charge < -0.3 is 15.8 Å². The van der Waals surface area contributed by atoms with Gasteiger partial charge in [-0.25, -0.2) is 9.18 Å². The number of nitro groups is 1. The number of ether oxygens (including phenoxy) is 1. The van der Waals surface area contributed by atoms with Gasteiger partial charge in [0.25, 0.3) is 5.69 Å². The lowest BCUT2D eigenvalue weighted by atomic mass is 10.1. The van der Waals surface area contributed by atoms with Crippen molar-refractivity contribution >= 4 is 23.3 Å². The first-order chi connectivity index (χ1) is 12.3. The normalized spacial score (nSPS) is 10.2. The van der Waals surface area contributed by atoms with Crippen LogP contribution in [0, 0.1) is 22.9 Å². The lowest BCUT2D eigenvalue weighted by molar-refractivity contribution is -0.384. The van der Waals surface area contributed by atoms with E-state index in [9.17, 15) is 24.1 Å². The first kappa shape index (κ1) is 18.8. The fourth-order valence-corrected chi connectivity index (χ4v) is 2.12. The molecule has 0 spiro atoms. The quantitative estimate of drug-likeness (QED) is 0.338. The maximum atomic E-state index is 13.4. The molecular formula is C17H16FN3O5. The van der Waals surface area contributed by atoms with Crippen LogP contribution >= 0.6 is 0 Å². The minimum atomic E-state index is -0.779. The number of hydrogen-bond donors (Lipinski definition) is 2. The number of primary amides is 1. The third-order valence-corrected chi connectivity index (χ3v) is 3.54. The smallest absolute Gasteiger partial charge is 0.338 e. The molecule has 0 aliphatic heterocycles. The van der Waals surface area contributed by atoms with E-state index in [1.165, 1.54) is 24.3 Å². The fraction of sp³-hybridized carbons (Fsp3) is 0.176. The molecule has 0 fully saturated rings. The zero-order valence-electron chi connectivity index (χ0n) is 13.8. The number of amides is 1. The largest absolute Gasteiger partial charge is 0.460 e. The van der Waals surface area contributed by atoms with Crippen LogP contribution in [0.2, 0.25) is 0 Å². The Morgan fingerprint density at radius 2 is 1.92 bits per heavy atom. The van der Waals surface area contributed by atoms with Crippen LogP contribution in [-0.2, 0) is 4.74 Å². The van der Waals surface area contributed by atoms with Crippen molar-refractivity contribution in [1.82, 2.24) is 0 Å². The van der Waals surface area contributed by atoms with Crippen molar-refractivity contribution in [3.05, 3.63) is 69.0 Å². The van der Waals surface area contributed by atoms with E-state index in [1.54, 1.807) is 6.92 Å². The number of halogens is 1. The number of carbonyl (C=O) groups is 2. The van der Waals surface area contributed by atoms with Crippen molar-refractivity contribution in [3.63, 3.8) is 0 Å². The average Bonchev–Trinajstić information content (AvgIpc) is 2.60. The van der Waals surface area contributed by atoms with Crippen LogP contribution in [0.15, 0.2) is 36.4 Å². The van der Waals surface area contributed by atoms with Gasteiger partial charge >= 0.3 is 5.97 Å². The third-order valence-electron chi connectivity index (χ3n) is 3.54. The molecule has 0 bridgehead atoms. The highest BCUT2D eigenvalue weighted by Crippen LogP contribution is 2.25. The van der Waals surface area contributed by atoms with E-state index in [0.717, 1.165) is 12.1 Å². The summed E-state index contributed by atoms with van der Waals surface area (Å²) in [7, 11) is 0. The highest BCUT2D eigenvalue weighted by Gasteiger charge is 2.16. The molecule has 2 aromatic carbocycles. The SMILES string of the molecule is Cc1ccc(C(=O)OCCNc2ccc(C(N)=O)cc2[N+](=O)[O-])cc1F. The number of nitro benzene ring substituents is 1. The van der Waals surface area contributed by atoms with E-state index in [0.29, 0.717) is 5.56 Å². The van der Waals surface area contributed by atoms with E-state index in [1.807, 2.05) is 0 Å². The van der Waals surface area contributed by atoms with Crippen LogP contribution < -0.4 is 11.1 Å². The fourth-order valence-electron chi connectivity index (χ4n) is 2.12. The summed E-state index contributed by atoms with van der Waals surface area (Å²) in [5.74, 6) is -1.99. The van der Waals surface area contributed by atoms with Gasteiger partial charge in [-0.05, 0) is 36.8 Å². The van der Waals surface area contributed by atoms with Gasteiger partial charge in [0, 0.05) is 18.2 Å². The van der Waals surface area contributed by atoms with E-state index >= 15 is 0 Å². The van der Waals surface area contributed by atoms with Crippen molar-refractivity contribution < 1.29 is 23.6 Å². The molecule has 9 heteroatoms. The summed E-state index contributed by atoms with van der Waals surface area (Å²) in [6, 6.07) is 7.74. The van der Waals surface area contributed by atoms with Crippen molar-refractivity contribution in [1.29, 1.82) is 0 Å². The third kappa shape index (κ3) is 4.53. The number of anilines is 1. The zero-order valence-corrected chi connectivity index (χ0v) is 13.8. The molecule has 136 valence electrons. The van der Waals surface area contributed by atoms with Crippen LogP contribution in [0.3, 0.4) is 0 Å². The van der Waals surface area contributed by atoms with E-state index in [2.05, 4.69) is 5.32 Å². The van der Waals surface area contributed by atoms with Gasteiger partial charge in [0.05, 0.1) is 10.5 Å². The zero-order chi connectivity index (χ0) is 19.3. The highest BCUT2D eigenvalue weighted by molar-refractivity contribution is 5.94. The monoisotopic (exact) mass is 361 g/mol. The molecule has 0 saturated carbocycles. The molecule has 1 amide bonds. The molecule has 2 aromatic rings. The maximum absolute atomic E-state index is 13.4. The lowest BCUT2D eigenvalue weighted by Crippen LogP contribution is -2.15. The van der Waals surface area contributed by atoms with Crippen molar-refractivity contribution in [3.8, 4) is 0 Å². The summed E-state index contributed by atoms with van der Waals surface area (Å²) in [4.78, 5) is 33.4. The number of carbonyl (C=O) groups excluding carboxylic acids is 2. The number of benzene rings is 2. The second-order valence-electron chi connectivity index (χ2n) is 5.38. The van der Waals surface area contributed by atoms with Crippen LogP contribution in [0.25, 0.3) is 0 Å². The summed E-state index contributed by atoms with van der Waals surface area (Å²) in [6.07, 6.45) is 0. The van der Waals surface area contributed by atoms with Crippen LogP contribution in [-0.4, -0.2) is 30.0 Å². The predicted octanol–water partition coefficient (Wildman–Crippen LogP) is 2.41. The first-order valence-corrected chi connectivity index (χ1v) is 7.55. The van der Waals surface area contributed by atoms with Gasteiger partial charge in [0.1, 0.15) is 18.1 Å². The molecule has 0 aliphatic rings. The number of hydrogen-bond acceptors (Lipinski definition) is 6. The Morgan fingerprint density at radius 3 is 2.54 bits per heavy atom. The number of aryl methyl sites for hydroxylation is 1. The molecule has 26 heavy (non-hydrogen) atoms. The standard InChI is InChI=1S/C17H16FN3O5/c1-10-2-3-12(8-13(10)18)17(23)26-7-6-20-14-5-4-11(16(19)22)9-15(14)21(24)25/h2-5,8-9,20H,6-7H2,1H3,(H2,19,22). The van der Waals surface area contributed by atoms with Gasteiger partial charge in [0.2, 0.25) is 5.91 Å². The van der Waals surface area contributed by atoms with E-state index in [4.69, 9.17) is 10.5 Å². The molecule has 0 heterocycles. The maximum Gasteiger partial charge on any atom is 0.338 e. The Kier molecular flexibility index (Phi) is 5.84. The summed E-state index contributed by atoms with van der Waals surface area (Å²) >= 11 is 0. The Bertz CT molecular complexity index is 869. The van der Waals surface area contributed by atoms with Gasteiger partial charge in [-0.1, -0.05) is 6.07 Å². The molecule has 0 unspecified atom stereocenters. The average molecular weight is 361 g/mol. The minimum absolute atomic E-state index is 0.00933. The van der Waals surface area contributed by atoms with Gasteiger partial charge in [0.15, 0.2) is 0 Å². The Labute approximate surface area is 147 Å². The topological polar surface area (TPSA) is 125 Å². The van der Waals surface area contributed by atoms with Gasteiger partial charge in [-0.15, -0.1) is 0 Å². The predicted molar refractivity (Wildman–Crippen MR) is 91.5 cm³/mol. The summed E-state index contributed by atoms with van der Waals surface area (Å²) in [5, 5.41) is 13.8. The molecule has 2 rings (SSSR count). The number of nitrogens with two attached hydrogens (primary N) is 1. The van der Waals surface area contributed by atoms with E-state index < -0.39 is 22.6 Å². The summed E-state index contributed by atoms with van der Waals surface area (Å²) in [6.45, 7) is 1.56. The molecule has 0 aliphatic carbocycles. The first-order valence-electron chi connectivity index (χ1n) is 7.55. The van der Waals surface area contributed by atoms with Crippen LogP contribution in [0.1, 0.15) is 26.3 Å². The van der Waals surface area contributed by atoms with Crippen molar-refractivity contribution in [2.24, 2.45) is 5.73 Å².